The number of aliphatic hydroxyl groups is 1. The van der Waals surface area contributed by atoms with Crippen molar-refractivity contribution >= 4 is 11.9 Å². The van der Waals surface area contributed by atoms with E-state index in [0.29, 0.717) is 12.8 Å². The summed E-state index contributed by atoms with van der Waals surface area (Å²) < 4.78 is 10.3. The number of aliphatic hydroxyl groups excluding tert-OH is 1. The van der Waals surface area contributed by atoms with Crippen LogP contribution in [0.15, 0.2) is 0 Å². The first-order valence-corrected chi connectivity index (χ1v) is 16.4. The Morgan fingerprint density at radius 1 is 0.526 bits per heavy atom. The van der Waals surface area contributed by atoms with Crippen molar-refractivity contribution in [2.75, 3.05) is 13.2 Å². The van der Waals surface area contributed by atoms with E-state index in [2.05, 4.69) is 20.8 Å². The van der Waals surface area contributed by atoms with E-state index >= 15 is 0 Å². The highest BCUT2D eigenvalue weighted by atomic mass is 16.6. The molecular weight excluding hydrogens is 476 g/mol. The van der Waals surface area contributed by atoms with Gasteiger partial charge < -0.3 is 14.6 Å². The SMILES string of the molecule is CCCCCCCCCCCCCCCC(=O)OC[C@@H](O)COC(=O)CCCCCCCCCCC(C)C. The molecule has 0 radical (unpaired) electrons. The van der Waals surface area contributed by atoms with Crippen molar-refractivity contribution in [3.63, 3.8) is 0 Å². The van der Waals surface area contributed by atoms with E-state index in [1.165, 1.54) is 109 Å². The van der Waals surface area contributed by atoms with Crippen LogP contribution in [0.1, 0.15) is 175 Å². The number of carbonyl (C=O) groups is 2. The molecule has 0 aromatic carbocycles. The predicted octanol–water partition coefficient (Wildman–Crippen LogP) is 9.47. The standard InChI is InChI=1S/C33H64O5/c1-4-5-6-7-8-9-10-11-12-13-17-20-23-26-32(35)37-28-31(34)29-38-33(36)27-24-21-18-15-14-16-19-22-25-30(2)3/h30-31,34H,4-29H2,1-3H3/t31-/m1/s1. The maximum atomic E-state index is 11.9. The number of unbranched alkanes of at least 4 members (excludes halogenated alkanes) is 19. The summed E-state index contributed by atoms with van der Waals surface area (Å²) in [6, 6.07) is 0. The Bertz CT molecular complexity index is 520. The summed E-state index contributed by atoms with van der Waals surface area (Å²) in [5, 5.41) is 9.94. The predicted molar refractivity (Wildman–Crippen MR) is 159 cm³/mol. The van der Waals surface area contributed by atoms with Gasteiger partial charge in [0.25, 0.3) is 0 Å². The fraction of sp³-hybridized carbons (Fsp3) is 0.939. The van der Waals surface area contributed by atoms with Crippen LogP contribution in [0.5, 0.6) is 0 Å². The molecule has 0 aliphatic carbocycles. The van der Waals surface area contributed by atoms with E-state index in [0.717, 1.165) is 38.0 Å². The van der Waals surface area contributed by atoms with Gasteiger partial charge in [0.15, 0.2) is 0 Å². The first-order valence-electron chi connectivity index (χ1n) is 16.4. The van der Waals surface area contributed by atoms with E-state index in [1.807, 2.05) is 0 Å². The number of rotatable bonds is 29. The fourth-order valence-corrected chi connectivity index (χ4v) is 4.74. The molecule has 0 unspecified atom stereocenters. The molecule has 226 valence electrons. The minimum Gasteiger partial charge on any atom is -0.463 e. The van der Waals surface area contributed by atoms with Crippen molar-refractivity contribution in [3.8, 4) is 0 Å². The van der Waals surface area contributed by atoms with Crippen LogP contribution in [0.4, 0.5) is 0 Å². The fourth-order valence-electron chi connectivity index (χ4n) is 4.74. The van der Waals surface area contributed by atoms with Crippen molar-refractivity contribution in [1.82, 2.24) is 0 Å². The summed E-state index contributed by atoms with van der Waals surface area (Å²) >= 11 is 0. The van der Waals surface area contributed by atoms with Crippen molar-refractivity contribution in [2.45, 2.75) is 181 Å². The third kappa shape index (κ3) is 29.5. The Kier molecular flexibility index (Phi) is 28.1. The highest BCUT2D eigenvalue weighted by Crippen LogP contribution is 2.14. The Morgan fingerprint density at radius 3 is 1.18 bits per heavy atom. The second-order valence-corrected chi connectivity index (χ2v) is 11.8. The molecule has 5 heteroatoms. The molecule has 0 saturated carbocycles. The minimum absolute atomic E-state index is 0.109. The largest absolute Gasteiger partial charge is 0.463 e. The second-order valence-electron chi connectivity index (χ2n) is 11.8. The first kappa shape index (κ1) is 36.9. The van der Waals surface area contributed by atoms with E-state index in [4.69, 9.17) is 9.47 Å². The molecule has 0 aromatic rings. The van der Waals surface area contributed by atoms with Crippen LogP contribution in [0, 0.1) is 5.92 Å². The summed E-state index contributed by atoms with van der Waals surface area (Å²) in [5.41, 5.74) is 0. The van der Waals surface area contributed by atoms with Crippen LogP contribution >= 0.6 is 0 Å². The lowest BCUT2D eigenvalue weighted by Crippen LogP contribution is -2.25. The smallest absolute Gasteiger partial charge is 0.305 e. The monoisotopic (exact) mass is 540 g/mol. The average Bonchev–Trinajstić information content (AvgIpc) is 2.89. The summed E-state index contributed by atoms with van der Waals surface area (Å²) in [6.45, 7) is 6.60. The second kappa shape index (κ2) is 28.9. The molecule has 0 aliphatic heterocycles. The van der Waals surface area contributed by atoms with Crippen molar-refractivity contribution in [3.05, 3.63) is 0 Å². The number of esters is 2. The zero-order chi connectivity index (χ0) is 28.1. The molecule has 0 saturated heterocycles. The van der Waals surface area contributed by atoms with Crippen LogP contribution in [-0.2, 0) is 19.1 Å². The third-order valence-corrected chi connectivity index (χ3v) is 7.27. The van der Waals surface area contributed by atoms with E-state index in [9.17, 15) is 14.7 Å². The van der Waals surface area contributed by atoms with Gasteiger partial charge in [0.2, 0.25) is 0 Å². The van der Waals surface area contributed by atoms with Gasteiger partial charge in [-0.25, -0.2) is 0 Å². The van der Waals surface area contributed by atoms with Crippen LogP contribution in [0.3, 0.4) is 0 Å². The Hall–Kier alpha value is -1.10. The number of hydrogen-bond acceptors (Lipinski definition) is 5. The highest BCUT2D eigenvalue weighted by Gasteiger charge is 2.12. The van der Waals surface area contributed by atoms with Gasteiger partial charge >= 0.3 is 11.9 Å². The lowest BCUT2D eigenvalue weighted by atomic mass is 10.0. The molecule has 5 nitrogen and oxygen atoms in total. The molecular formula is C33H64O5. The van der Waals surface area contributed by atoms with Gasteiger partial charge in [-0.15, -0.1) is 0 Å². The van der Waals surface area contributed by atoms with Gasteiger partial charge in [0, 0.05) is 12.8 Å². The summed E-state index contributed by atoms with van der Waals surface area (Å²) in [5.74, 6) is 0.249. The molecule has 0 heterocycles. The normalized spacial score (nSPS) is 12.1. The zero-order valence-electron chi connectivity index (χ0n) is 25.6. The summed E-state index contributed by atoms with van der Waals surface area (Å²) in [7, 11) is 0. The van der Waals surface area contributed by atoms with E-state index in [1.54, 1.807) is 0 Å². The Balaban J connectivity index is 3.42. The van der Waals surface area contributed by atoms with Crippen LogP contribution in [-0.4, -0.2) is 36.4 Å². The lowest BCUT2D eigenvalue weighted by molar-refractivity contribution is -0.152. The third-order valence-electron chi connectivity index (χ3n) is 7.27. The molecule has 0 bridgehead atoms. The summed E-state index contributed by atoms with van der Waals surface area (Å²) in [4.78, 5) is 23.7. The van der Waals surface area contributed by atoms with Crippen LogP contribution in [0.25, 0.3) is 0 Å². The molecule has 0 aromatic heterocycles. The highest BCUT2D eigenvalue weighted by molar-refractivity contribution is 5.69. The van der Waals surface area contributed by atoms with Gasteiger partial charge in [-0.3, -0.25) is 9.59 Å². The maximum Gasteiger partial charge on any atom is 0.305 e. The molecule has 38 heavy (non-hydrogen) atoms. The van der Waals surface area contributed by atoms with Crippen LogP contribution < -0.4 is 0 Å². The van der Waals surface area contributed by atoms with Gasteiger partial charge in [-0.05, 0) is 18.8 Å². The van der Waals surface area contributed by atoms with Gasteiger partial charge in [0.05, 0.1) is 0 Å². The molecule has 1 N–H and O–H groups in total. The van der Waals surface area contributed by atoms with E-state index in [-0.39, 0.29) is 25.2 Å². The van der Waals surface area contributed by atoms with Gasteiger partial charge in [0.1, 0.15) is 19.3 Å². The lowest BCUT2D eigenvalue weighted by Gasteiger charge is -2.12. The van der Waals surface area contributed by atoms with Crippen molar-refractivity contribution in [1.29, 1.82) is 0 Å². The zero-order valence-corrected chi connectivity index (χ0v) is 25.6. The van der Waals surface area contributed by atoms with Gasteiger partial charge in [-0.2, -0.15) is 0 Å². The molecule has 0 spiro atoms. The first-order chi connectivity index (χ1) is 18.5. The topological polar surface area (TPSA) is 72.8 Å². The number of hydrogen-bond donors (Lipinski definition) is 1. The quantitative estimate of drug-likeness (QED) is 0.0755. The summed E-state index contributed by atoms with van der Waals surface area (Å²) in [6.07, 6.45) is 27.2. The van der Waals surface area contributed by atoms with Crippen molar-refractivity contribution in [2.24, 2.45) is 5.92 Å². The minimum atomic E-state index is -0.953. The number of ether oxygens (including phenoxy) is 2. The Labute approximate surface area is 236 Å². The average molecular weight is 541 g/mol. The molecule has 0 rings (SSSR count). The number of carbonyl (C=O) groups excluding carboxylic acids is 2. The van der Waals surface area contributed by atoms with Gasteiger partial charge in [-0.1, -0.05) is 149 Å². The molecule has 0 aliphatic rings. The van der Waals surface area contributed by atoms with Crippen molar-refractivity contribution < 1.29 is 24.2 Å². The van der Waals surface area contributed by atoms with E-state index < -0.39 is 6.10 Å². The van der Waals surface area contributed by atoms with Crippen LogP contribution in [0.2, 0.25) is 0 Å². The molecule has 0 fully saturated rings. The molecule has 0 amide bonds. The maximum absolute atomic E-state index is 11.9. The Morgan fingerprint density at radius 2 is 0.842 bits per heavy atom. The molecule has 1 atom stereocenters.